The van der Waals surface area contributed by atoms with E-state index in [0.29, 0.717) is 11.5 Å². The van der Waals surface area contributed by atoms with Crippen molar-refractivity contribution in [2.75, 3.05) is 26.3 Å². The Morgan fingerprint density at radius 2 is 1.95 bits per heavy atom. The van der Waals surface area contributed by atoms with Crippen LogP contribution in [0, 0.1) is 5.92 Å². The predicted octanol–water partition coefficient (Wildman–Crippen LogP) is 1.37. The summed E-state index contributed by atoms with van der Waals surface area (Å²) in [6.07, 6.45) is 2.32. The van der Waals surface area contributed by atoms with Crippen LogP contribution >= 0.6 is 0 Å². The quantitative estimate of drug-likeness (QED) is 0.909. The van der Waals surface area contributed by atoms with E-state index in [1.165, 1.54) is 18.4 Å². The van der Waals surface area contributed by atoms with Crippen LogP contribution in [0.25, 0.3) is 0 Å². The first-order chi connectivity index (χ1) is 10.2. The second kappa shape index (κ2) is 6.56. The molecule has 0 bridgehead atoms. The van der Waals surface area contributed by atoms with Gasteiger partial charge in [-0.25, -0.2) is 0 Å². The van der Waals surface area contributed by atoms with Crippen LogP contribution in [-0.2, 0) is 16.0 Å². The van der Waals surface area contributed by atoms with Gasteiger partial charge in [-0.15, -0.1) is 0 Å². The number of carbonyl (C=O) groups excluding carboxylic acids is 1. The second-order valence-electron chi connectivity index (χ2n) is 5.81. The van der Waals surface area contributed by atoms with Crippen molar-refractivity contribution in [3.05, 3.63) is 35.4 Å². The fraction of sp³-hybridized carbons (Fsp3) is 0.562. The first kappa shape index (κ1) is 14.5. The van der Waals surface area contributed by atoms with Gasteiger partial charge in [-0.2, -0.15) is 0 Å². The zero-order valence-electron chi connectivity index (χ0n) is 12.2. The van der Waals surface area contributed by atoms with Gasteiger partial charge in [-0.05, 0) is 37.1 Å². The topological polar surface area (TPSA) is 64.8 Å². The van der Waals surface area contributed by atoms with Gasteiger partial charge in [0.2, 0.25) is 5.91 Å². The summed E-state index contributed by atoms with van der Waals surface area (Å²) >= 11 is 0. The SMILES string of the molecule is NC(=O)c1ccc(CN2CCC[C@@H](C3OCCO3)C2)cc1. The Morgan fingerprint density at radius 1 is 1.24 bits per heavy atom. The molecule has 2 N–H and O–H groups in total. The lowest BCUT2D eigenvalue weighted by Gasteiger charge is -2.34. The molecule has 2 saturated heterocycles. The summed E-state index contributed by atoms with van der Waals surface area (Å²) in [5.41, 5.74) is 7.02. The number of rotatable bonds is 4. The average Bonchev–Trinajstić information content (AvgIpc) is 3.02. The van der Waals surface area contributed by atoms with Crippen molar-refractivity contribution in [1.82, 2.24) is 4.90 Å². The summed E-state index contributed by atoms with van der Waals surface area (Å²) in [5, 5.41) is 0. The Morgan fingerprint density at radius 3 is 2.62 bits per heavy atom. The number of ether oxygens (including phenoxy) is 2. The zero-order chi connectivity index (χ0) is 14.7. The largest absolute Gasteiger partial charge is 0.366 e. The van der Waals surface area contributed by atoms with Gasteiger partial charge in [0.05, 0.1) is 13.2 Å². The molecule has 0 aromatic heterocycles. The van der Waals surface area contributed by atoms with E-state index in [2.05, 4.69) is 4.90 Å². The lowest BCUT2D eigenvalue weighted by molar-refractivity contribution is -0.101. The van der Waals surface area contributed by atoms with Crippen molar-refractivity contribution in [1.29, 1.82) is 0 Å². The molecule has 114 valence electrons. The lowest BCUT2D eigenvalue weighted by Crippen LogP contribution is -2.40. The van der Waals surface area contributed by atoms with Crippen molar-refractivity contribution >= 4 is 5.91 Å². The molecule has 5 heteroatoms. The molecule has 0 saturated carbocycles. The van der Waals surface area contributed by atoms with Gasteiger partial charge in [0.25, 0.3) is 0 Å². The normalized spacial score (nSPS) is 24.3. The summed E-state index contributed by atoms with van der Waals surface area (Å²) in [6.45, 7) is 4.43. The Kier molecular flexibility index (Phi) is 4.53. The number of nitrogens with two attached hydrogens (primary N) is 1. The third-order valence-electron chi connectivity index (χ3n) is 4.22. The maximum absolute atomic E-state index is 11.1. The number of hydrogen-bond donors (Lipinski definition) is 1. The summed E-state index contributed by atoms with van der Waals surface area (Å²) in [5.74, 6) is 0.0845. The number of likely N-dealkylation sites (tertiary alicyclic amines) is 1. The maximum Gasteiger partial charge on any atom is 0.248 e. The van der Waals surface area contributed by atoms with Crippen molar-refractivity contribution < 1.29 is 14.3 Å². The van der Waals surface area contributed by atoms with Crippen LogP contribution in [0.5, 0.6) is 0 Å². The Labute approximate surface area is 125 Å². The summed E-state index contributed by atoms with van der Waals surface area (Å²) < 4.78 is 11.3. The summed E-state index contributed by atoms with van der Waals surface area (Å²) in [4.78, 5) is 13.5. The minimum absolute atomic E-state index is 0.0231. The van der Waals surface area contributed by atoms with Crippen molar-refractivity contribution in [3.63, 3.8) is 0 Å². The number of carbonyl (C=O) groups is 1. The standard InChI is InChI=1S/C16H22N2O3/c17-15(19)13-5-3-12(4-6-13)10-18-7-1-2-14(11-18)16-20-8-9-21-16/h3-6,14,16H,1-2,7-11H2,(H2,17,19)/t14-/m1/s1. The molecule has 0 spiro atoms. The summed E-state index contributed by atoms with van der Waals surface area (Å²) in [6, 6.07) is 7.54. The second-order valence-corrected chi connectivity index (χ2v) is 5.81. The maximum atomic E-state index is 11.1. The van der Waals surface area contributed by atoms with Crippen LogP contribution in [0.4, 0.5) is 0 Å². The summed E-state index contributed by atoms with van der Waals surface area (Å²) in [7, 11) is 0. The van der Waals surface area contributed by atoms with Gasteiger partial charge in [-0.1, -0.05) is 12.1 Å². The molecule has 3 rings (SSSR count). The fourth-order valence-electron chi connectivity index (χ4n) is 3.14. The smallest absolute Gasteiger partial charge is 0.248 e. The van der Waals surface area contributed by atoms with Gasteiger partial charge in [0.15, 0.2) is 6.29 Å². The third-order valence-corrected chi connectivity index (χ3v) is 4.22. The lowest BCUT2D eigenvalue weighted by atomic mass is 9.97. The van der Waals surface area contributed by atoms with Gasteiger partial charge >= 0.3 is 0 Å². The highest BCUT2D eigenvalue weighted by Crippen LogP contribution is 2.25. The molecule has 0 unspecified atom stereocenters. The van der Waals surface area contributed by atoms with E-state index in [1.807, 2.05) is 12.1 Å². The monoisotopic (exact) mass is 290 g/mol. The molecular formula is C16H22N2O3. The van der Waals surface area contributed by atoms with E-state index in [0.717, 1.165) is 32.8 Å². The van der Waals surface area contributed by atoms with Crippen LogP contribution in [0.3, 0.4) is 0 Å². The molecule has 1 atom stereocenters. The molecule has 2 aliphatic rings. The number of hydrogen-bond acceptors (Lipinski definition) is 4. The first-order valence-corrected chi connectivity index (χ1v) is 7.56. The minimum atomic E-state index is -0.380. The fourth-order valence-corrected chi connectivity index (χ4v) is 3.14. The zero-order valence-corrected chi connectivity index (χ0v) is 12.2. The van der Waals surface area contributed by atoms with Gasteiger partial charge in [-0.3, -0.25) is 9.69 Å². The highest BCUT2D eigenvalue weighted by Gasteiger charge is 2.30. The molecule has 1 amide bonds. The van der Waals surface area contributed by atoms with Crippen LogP contribution in [0.15, 0.2) is 24.3 Å². The molecule has 0 aliphatic carbocycles. The molecule has 1 aromatic carbocycles. The van der Waals surface area contributed by atoms with E-state index in [-0.39, 0.29) is 12.2 Å². The minimum Gasteiger partial charge on any atom is -0.366 e. The molecular weight excluding hydrogens is 268 g/mol. The predicted molar refractivity (Wildman–Crippen MR) is 78.7 cm³/mol. The first-order valence-electron chi connectivity index (χ1n) is 7.56. The van der Waals surface area contributed by atoms with E-state index >= 15 is 0 Å². The number of primary amides is 1. The van der Waals surface area contributed by atoms with Crippen LogP contribution in [0.2, 0.25) is 0 Å². The number of nitrogens with zero attached hydrogens (tertiary/aromatic N) is 1. The Bertz CT molecular complexity index is 483. The van der Waals surface area contributed by atoms with Gasteiger partial charge < -0.3 is 15.2 Å². The third kappa shape index (κ3) is 3.61. The molecule has 21 heavy (non-hydrogen) atoms. The van der Waals surface area contributed by atoms with E-state index in [9.17, 15) is 4.79 Å². The van der Waals surface area contributed by atoms with Crippen LogP contribution in [-0.4, -0.2) is 43.4 Å². The van der Waals surface area contributed by atoms with Gasteiger partial charge in [0.1, 0.15) is 0 Å². The number of benzene rings is 1. The van der Waals surface area contributed by atoms with Crippen molar-refractivity contribution in [3.8, 4) is 0 Å². The molecule has 2 fully saturated rings. The Hall–Kier alpha value is -1.43. The van der Waals surface area contributed by atoms with Gasteiger partial charge in [0, 0.05) is 24.6 Å². The highest BCUT2D eigenvalue weighted by molar-refractivity contribution is 5.92. The van der Waals surface area contributed by atoms with Crippen LogP contribution in [0.1, 0.15) is 28.8 Å². The highest BCUT2D eigenvalue weighted by atomic mass is 16.7. The Balaban J connectivity index is 1.57. The van der Waals surface area contributed by atoms with Crippen LogP contribution < -0.4 is 5.73 Å². The van der Waals surface area contributed by atoms with E-state index in [4.69, 9.17) is 15.2 Å². The van der Waals surface area contributed by atoms with E-state index in [1.54, 1.807) is 12.1 Å². The number of piperidine rings is 1. The van der Waals surface area contributed by atoms with Crippen molar-refractivity contribution in [2.24, 2.45) is 11.7 Å². The molecule has 5 nitrogen and oxygen atoms in total. The molecule has 2 aliphatic heterocycles. The van der Waals surface area contributed by atoms with Crippen molar-refractivity contribution in [2.45, 2.75) is 25.7 Å². The molecule has 1 aromatic rings. The molecule has 0 radical (unpaired) electrons. The van der Waals surface area contributed by atoms with E-state index < -0.39 is 0 Å². The average molecular weight is 290 g/mol. The number of amides is 1. The molecule has 2 heterocycles.